The molecule has 1 aliphatic rings. The van der Waals surface area contributed by atoms with Gasteiger partial charge in [0.25, 0.3) is 0 Å². The molecule has 0 atom stereocenters. The van der Waals surface area contributed by atoms with Crippen LogP contribution in [0.4, 0.5) is 23.2 Å². The molecule has 0 aromatic heterocycles. The van der Waals surface area contributed by atoms with Gasteiger partial charge in [0.05, 0.1) is 0 Å². The molecule has 0 fully saturated rings. The Balaban J connectivity index is 2.40. The number of halogens is 4. The fourth-order valence-electron chi connectivity index (χ4n) is 1.37. The summed E-state index contributed by atoms with van der Waals surface area (Å²) in [5.41, 5.74) is 1.23. The Morgan fingerprint density at radius 3 is 2.33 bits per heavy atom. The van der Waals surface area contributed by atoms with Crippen molar-refractivity contribution in [3.63, 3.8) is 0 Å². The van der Waals surface area contributed by atoms with Crippen molar-refractivity contribution in [1.29, 1.82) is 10.5 Å². The Bertz CT molecular complexity index is 674. The van der Waals surface area contributed by atoms with Crippen molar-refractivity contribution in [3.05, 3.63) is 18.2 Å². The average Bonchev–Trinajstić information content (AvgIpc) is 2.41. The molecular weight excluding hydrogens is 296 g/mol. The molecule has 0 amide bonds. The number of nitrogens with one attached hydrogen (secondary N) is 1. The lowest BCUT2D eigenvalue weighted by atomic mass is 10.2. The van der Waals surface area contributed by atoms with Crippen molar-refractivity contribution in [1.82, 2.24) is 0 Å². The minimum absolute atomic E-state index is 0.273. The number of para-hydroxylation sites is 1. The van der Waals surface area contributed by atoms with Crippen LogP contribution in [-0.4, -0.2) is 17.9 Å². The monoisotopic (exact) mass is 300 g/mol. The maximum Gasteiger partial charge on any atom is 0.507 e. The Morgan fingerprint density at radius 1 is 1.10 bits per heavy atom. The van der Waals surface area contributed by atoms with E-state index in [9.17, 15) is 17.6 Å². The molecule has 1 aromatic carbocycles. The zero-order valence-electron chi connectivity index (χ0n) is 9.90. The predicted octanol–water partition coefficient (Wildman–Crippen LogP) is 2.46. The van der Waals surface area contributed by atoms with Gasteiger partial charge in [0.1, 0.15) is 17.8 Å². The largest absolute Gasteiger partial charge is 0.507 e. The second-order valence-electron chi connectivity index (χ2n) is 3.67. The fourth-order valence-corrected chi connectivity index (χ4v) is 1.37. The van der Waals surface area contributed by atoms with Crippen molar-refractivity contribution in [2.24, 2.45) is 5.10 Å². The zero-order chi connectivity index (χ0) is 15.7. The highest BCUT2D eigenvalue weighted by Crippen LogP contribution is 2.49. The van der Waals surface area contributed by atoms with Crippen LogP contribution in [0.3, 0.4) is 0 Å². The number of fused-ring (bicyclic) bond motifs is 1. The van der Waals surface area contributed by atoms with Gasteiger partial charge in [-0.15, -0.1) is 0 Å². The van der Waals surface area contributed by atoms with Gasteiger partial charge in [-0.25, -0.2) is 0 Å². The number of ether oxygens (including phenoxy) is 2. The maximum absolute atomic E-state index is 13.1. The summed E-state index contributed by atoms with van der Waals surface area (Å²) in [5, 5.41) is 20.3. The number of rotatable bonds is 2. The molecule has 1 heterocycles. The molecule has 108 valence electrons. The third-order valence-corrected chi connectivity index (χ3v) is 2.29. The summed E-state index contributed by atoms with van der Waals surface area (Å²) < 4.78 is 60.0. The molecule has 21 heavy (non-hydrogen) atoms. The van der Waals surface area contributed by atoms with Gasteiger partial charge in [-0.1, -0.05) is 6.07 Å². The van der Waals surface area contributed by atoms with E-state index in [1.807, 2.05) is 0 Å². The van der Waals surface area contributed by atoms with E-state index in [4.69, 9.17) is 10.5 Å². The minimum Gasteiger partial charge on any atom is -0.421 e. The summed E-state index contributed by atoms with van der Waals surface area (Å²) in [4.78, 5) is 0. The van der Waals surface area contributed by atoms with E-state index in [-0.39, 0.29) is 5.69 Å². The Labute approximate surface area is 114 Å². The van der Waals surface area contributed by atoms with Crippen molar-refractivity contribution >= 4 is 11.4 Å². The molecule has 1 N–H and O–H groups in total. The third-order valence-electron chi connectivity index (χ3n) is 2.29. The number of nitrogens with zero attached hydrogens (tertiary/aromatic N) is 3. The Hall–Kier alpha value is -3.01. The molecule has 0 saturated heterocycles. The zero-order valence-corrected chi connectivity index (χ0v) is 9.90. The predicted molar refractivity (Wildman–Crippen MR) is 59.9 cm³/mol. The first kappa shape index (κ1) is 14.4. The van der Waals surface area contributed by atoms with E-state index in [2.05, 4.69) is 20.0 Å². The van der Waals surface area contributed by atoms with Gasteiger partial charge in [-0.2, -0.15) is 33.2 Å². The summed E-state index contributed by atoms with van der Waals surface area (Å²) in [6, 6.07) is 6.19. The smallest absolute Gasteiger partial charge is 0.421 e. The summed E-state index contributed by atoms with van der Waals surface area (Å²) in [7, 11) is 0. The van der Waals surface area contributed by atoms with Crippen LogP contribution in [0.2, 0.25) is 0 Å². The summed E-state index contributed by atoms with van der Waals surface area (Å²) in [6.07, 6.45) is -9.71. The quantitative estimate of drug-likeness (QED) is 0.514. The molecular formula is C11H4F4N4O2. The van der Waals surface area contributed by atoms with Gasteiger partial charge in [0.15, 0.2) is 11.5 Å². The normalized spacial score (nSPS) is 17.0. The van der Waals surface area contributed by atoms with Crippen molar-refractivity contribution in [2.45, 2.75) is 12.2 Å². The second kappa shape index (κ2) is 4.83. The van der Waals surface area contributed by atoms with Crippen molar-refractivity contribution in [2.75, 3.05) is 5.43 Å². The lowest BCUT2D eigenvalue weighted by molar-refractivity contribution is -0.391. The molecule has 0 radical (unpaired) electrons. The number of nitriles is 2. The van der Waals surface area contributed by atoms with E-state index >= 15 is 0 Å². The number of hydrazone groups is 1. The first-order valence-corrected chi connectivity index (χ1v) is 5.21. The van der Waals surface area contributed by atoms with Crippen LogP contribution in [0.25, 0.3) is 0 Å². The van der Waals surface area contributed by atoms with Gasteiger partial charge < -0.3 is 9.47 Å². The van der Waals surface area contributed by atoms with Crippen LogP contribution in [0.1, 0.15) is 0 Å². The van der Waals surface area contributed by atoms with Gasteiger partial charge in [-0.3, -0.25) is 5.43 Å². The van der Waals surface area contributed by atoms with Gasteiger partial charge in [0.2, 0.25) is 5.71 Å². The van der Waals surface area contributed by atoms with Crippen LogP contribution >= 0.6 is 0 Å². The standard InChI is InChI=1S/C11H4F4N4O2/c12-10(13)11(14,15)21-9-7(2-1-3-8(9)20-10)19-18-6(4-16)5-17/h1-3,19H. The van der Waals surface area contributed by atoms with Gasteiger partial charge in [-0.05, 0) is 12.1 Å². The van der Waals surface area contributed by atoms with Crippen LogP contribution in [0.15, 0.2) is 23.3 Å². The Kier molecular flexibility index (Phi) is 3.31. The van der Waals surface area contributed by atoms with Crippen LogP contribution in [-0.2, 0) is 0 Å². The first-order chi connectivity index (χ1) is 9.80. The number of anilines is 1. The van der Waals surface area contributed by atoms with Crippen LogP contribution in [0, 0.1) is 22.7 Å². The van der Waals surface area contributed by atoms with E-state index in [0.717, 1.165) is 12.1 Å². The first-order valence-electron chi connectivity index (χ1n) is 5.21. The lowest BCUT2D eigenvalue weighted by Gasteiger charge is -2.32. The fraction of sp³-hybridized carbons (Fsp3) is 0.182. The highest BCUT2D eigenvalue weighted by atomic mass is 19.3. The molecule has 6 nitrogen and oxygen atoms in total. The van der Waals surface area contributed by atoms with Crippen molar-refractivity contribution in [3.8, 4) is 23.6 Å². The molecule has 1 aromatic rings. The molecule has 0 aliphatic carbocycles. The number of alkyl halides is 4. The topological polar surface area (TPSA) is 90.4 Å². The Morgan fingerprint density at radius 2 is 1.71 bits per heavy atom. The van der Waals surface area contributed by atoms with Crippen LogP contribution in [0.5, 0.6) is 11.5 Å². The number of hydrogen-bond donors (Lipinski definition) is 1. The van der Waals surface area contributed by atoms with Gasteiger partial charge >= 0.3 is 12.2 Å². The molecule has 0 saturated carbocycles. The molecule has 0 bridgehead atoms. The second-order valence-corrected chi connectivity index (χ2v) is 3.67. The van der Waals surface area contributed by atoms with Crippen molar-refractivity contribution < 1.29 is 27.0 Å². The summed E-state index contributed by atoms with van der Waals surface area (Å²) in [5.74, 6) is -1.35. The minimum atomic E-state index is -4.88. The van der Waals surface area contributed by atoms with Crippen LogP contribution < -0.4 is 14.9 Å². The highest BCUT2D eigenvalue weighted by Gasteiger charge is 2.66. The van der Waals surface area contributed by atoms with E-state index in [0.29, 0.717) is 0 Å². The van der Waals surface area contributed by atoms with E-state index in [1.165, 1.54) is 18.2 Å². The average molecular weight is 300 g/mol. The third kappa shape index (κ3) is 2.51. The number of benzene rings is 1. The molecule has 0 unspecified atom stereocenters. The van der Waals surface area contributed by atoms with Gasteiger partial charge in [0, 0.05) is 0 Å². The summed E-state index contributed by atoms with van der Waals surface area (Å²) in [6.45, 7) is 0. The highest BCUT2D eigenvalue weighted by molar-refractivity contribution is 6.10. The molecule has 10 heteroatoms. The maximum atomic E-state index is 13.1. The van der Waals surface area contributed by atoms with E-state index < -0.39 is 29.4 Å². The molecule has 0 spiro atoms. The number of hydrogen-bond acceptors (Lipinski definition) is 6. The molecule has 1 aliphatic heterocycles. The lowest BCUT2D eigenvalue weighted by Crippen LogP contribution is -2.52. The molecule has 2 rings (SSSR count). The van der Waals surface area contributed by atoms with E-state index in [1.54, 1.807) is 0 Å². The summed E-state index contributed by atoms with van der Waals surface area (Å²) >= 11 is 0. The SMILES string of the molecule is N#CC(C#N)=NNc1cccc2c1OC(F)(F)C(F)(F)O2.